The van der Waals surface area contributed by atoms with Crippen LogP contribution in [0.1, 0.15) is 17.4 Å². The largest absolute Gasteiger partial charge is 0.455 e. The van der Waals surface area contributed by atoms with Crippen molar-refractivity contribution in [1.82, 2.24) is 5.43 Å². The van der Waals surface area contributed by atoms with Crippen LogP contribution in [0.5, 0.6) is 0 Å². The van der Waals surface area contributed by atoms with E-state index >= 15 is 0 Å². The number of halogens is 3. The van der Waals surface area contributed by atoms with Gasteiger partial charge in [-0.25, -0.2) is 5.43 Å². The molecule has 1 heterocycles. The van der Waals surface area contributed by atoms with Gasteiger partial charge < -0.3 is 9.52 Å². The molecular weight excluding hydrogens is 411 g/mol. The monoisotopic (exact) mass is 422 g/mol. The molecule has 2 aromatic carbocycles. The van der Waals surface area contributed by atoms with Crippen molar-refractivity contribution in [2.75, 3.05) is 0 Å². The summed E-state index contributed by atoms with van der Waals surface area (Å²) < 4.78 is 5.62. The van der Waals surface area contributed by atoms with Crippen LogP contribution in [0.3, 0.4) is 0 Å². The van der Waals surface area contributed by atoms with Crippen LogP contribution in [0.2, 0.25) is 15.1 Å². The average molecular weight is 424 g/mol. The molecule has 1 atom stereocenters. The van der Waals surface area contributed by atoms with Gasteiger partial charge in [-0.05, 0) is 29.8 Å². The highest BCUT2D eigenvalue weighted by atomic mass is 35.5. The van der Waals surface area contributed by atoms with E-state index in [4.69, 9.17) is 39.2 Å². The minimum atomic E-state index is -1.31. The summed E-state index contributed by atoms with van der Waals surface area (Å²) in [6, 6.07) is 15.0. The summed E-state index contributed by atoms with van der Waals surface area (Å²) in [6.45, 7) is 0. The molecule has 0 unspecified atom stereocenters. The Bertz CT molecular complexity index is 987. The number of furan rings is 1. The highest BCUT2D eigenvalue weighted by Crippen LogP contribution is 2.35. The van der Waals surface area contributed by atoms with E-state index in [1.54, 1.807) is 48.5 Å². The highest BCUT2D eigenvalue weighted by molar-refractivity contribution is 6.44. The number of rotatable bonds is 5. The lowest BCUT2D eigenvalue weighted by Gasteiger charge is -2.08. The normalized spacial score (nSPS) is 12.3. The number of hydrogen-bond acceptors (Lipinski definition) is 4. The number of carbonyl (C=O) groups is 1. The molecule has 0 saturated carbocycles. The molecule has 27 heavy (non-hydrogen) atoms. The predicted molar refractivity (Wildman–Crippen MR) is 106 cm³/mol. The second kappa shape index (κ2) is 8.59. The van der Waals surface area contributed by atoms with Crippen molar-refractivity contribution < 1.29 is 14.3 Å². The van der Waals surface area contributed by atoms with Crippen LogP contribution in [-0.4, -0.2) is 17.2 Å². The molecule has 1 amide bonds. The minimum absolute atomic E-state index is 0.346. The first kappa shape index (κ1) is 19.5. The Hall–Kier alpha value is -2.31. The van der Waals surface area contributed by atoms with Gasteiger partial charge in [0.15, 0.2) is 6.10 Å². The standard InChI is InChI=1S/C19H13Cl3N2O3/c20-14-9-16(22)15(21)8-13(14)17-7-6-12(27-17)10-23-24-19(26)18(25)11-4-2-1-3-5-11/h1-10,18,25H,(H,24,26)/b23-10-/t18-/m1/s1. The number of aliphatic hydroxyl groups is 1. The molecule has 0 aliphatic carbocycles. The number of amides is 1. The van der Waals surface area contributed by atoms with E-state index in [0.717, 1.165) is 0 Å². The molecule has 0 spiro atoms. The summed E-state index contributed by atoms with van der Waals surface area (Å²) in [5, 5.41) is 14.8. The molecule has 138 valence electrons. The van der Waals surface area contributed by atoms with Gasteiger partial charge in [0.25, 0.3) is 5.91 Å². The summed E-state index contributed by atoms with van der Waals surface area (Å²) >= 11 is 18.1. The first-order valence-electron chi connectivity index (χ1n) is 7.76. The number of hydrazone groups is 1. The molecule has 0 aliphatic heterocycles. The van der Waals surface area contributed by atoms with Crippen LogP contribution in [-0.2, 0) is 4.79 Å². The van der Waals surface area contributed by atoms with Gasteiger partial charge in [0.1, 0.15) is 11.5 Å². The van der Waals surface area contributed by atoms with E-state index < -0.39 is 12.0 Å². The molecule has 5 nitrogen and oxygen atoms in total. The van der Waals surface area contributed by atoms with E-state index in [2.05, 4.69) is 10.5 Å². The first-order chi connectivity index (χ1) is 13.0. The number of aliphatic hydroxyl groups excluding tert-OH is 1. The van der Waals surface area contributed by atoms with E-state index in [-0.39, 0.29) is 0 Å². The van der Waals surface area contributed by atoms with Crippen molar-refractivity contribution in [1.29, 1.82) is 0 Å². The smallest absolute Gasteiger partial charge is 0.273 e. The van der Waals surface area contributed by atoms with Crippen molar-refractivity contribution >= 4 is 46.9 Å². The van der Waals surface area contributed by atoms with E-state index in [9.17, 15) is 9.90 Å². The second-order valence-corrected chi connectivity index (χ2v) is 6.72. The van der Waals surface area contributed by atoms with Gasteiger partial charge in [-0.3, -0.25) is 4.79 Å². The zero-order chi connectivity index (χ0) is 19.4. The molecule has 0 saturated heterocycles. The third-order valence-electron chi connectivity index (χ3n) is 3.63. The third-order valence-corrected chi connectivity index (χ3v) is 4.67. The van der Waals surface area contributed by atoms with Crippen LogP contribution >= 0.6 is 34.8 Å². The van der Waals surface area contributed by atoms with Crippen LogP contribution in [0.25, 0.3) is 11.3 Å². The average Bonchev–Trinajstić information content (AvgIpc) is 3.13. The maximum atomic E-state index is 11.9. The Labute approximate surface area is 170 Å². The number of nitrogens with one attached hydrogen (secondary N) is 1. The first-order valence-corrected chi connectivity index (χ1v) is 8.90. The Kier molecular flexibility index (Phi) is 6.19. The molecular formula is C19H13Cl3N2O3. The van der Waals surface area contributed by atoms with Crippen molar-refractivity contribution in [3.05, 3.63) is 81.0 Å². The van der Waals surface area contributed by atoms with E-state index in [1.165, 1.54) is 12.3 Å². The highest BCUT2D eigenvalue weighted by Gasteiger charge is 2.16. The summed E-state index contributed by atoms with van der Waals surface area (Å²) in [5.41, 5.74) is 3.31. The lowest BCUT2D eigenvalue weighted by atomic mass is 10.1. The third kappa shape index (κ3) is 4.70. The van der Waals surface area contributed by atoms with Crippen LogP contribution in [0.15, 0.2) is 64.1 Å². The van der Waals surface area contributed by atoms with Crippen LogP contribution < -0.4 is 5.43 Å². The van der Waals surface area contributed by atoms with E-state index in [1.807, 2.05) is 0 Å². The molecule has 8 heteroatoms. The topological polar surface area (TPSA) is 74.8 Å². The summed E-state index contributed by atoms with van der Waals surface area (Å²) in [5.74, 6) is 0.189. The molecule has 1 aromatic heterocycles. The number of benzene rings is 2. The fourth-order valence-electron chi connectivity index (χ4n) is 2.29. The van der Waals surface area contributed by atoms with Crippen LogP contribution in [0.4, 0.5) is 0 Å². The molecule has 3 aromatic rings. The number of nitrogens with zero attached hydrogens (tertiary/aromatic N) is 1. The van der Waals surface area contributed by atoms with Gasteiger partial charge in [-0.1, -0.05) is 65.1 Å². The van der Waals surface area contributed by atoms with E-state index in [0.29, 0.717) is 37.7 Å². The lowest BCUT2D eigenvalue weighted by Crippen LogP contribution is -2.25. The van der Waals surface area contributed by atoms with Crippen molar-refractivity contribution in [2.45, 2.75) is 6.10 Å². The molecule has 3 rings (SSSR count). The van der Waals surface area contributed by atoms with Gasteiger partial charge in [-0.2, -0.15) is 5.10 Å². The second-order valence-electron chi connectivity index (χ2n) is 5.50. The SMILES string of the molecule is O=C(N/N=C\c1ccc(-c2cc(Cl)c(Cl)cc2Cl)o1)[C@H](O)c1ccccc1. The fraction of sp³-hybridized carbons (Fsp3) is 0.0526. The lowest BCUT2D eigenvalue weighted by molar-refractivity contribution is -0.129. The summed E-state index contributed by atoms with van der Waals surface area (Å²) in [4.78, 5) is 11.9. The van der Waals surface area contributed by atoms with Crippen molar-refractivity contribution in [2.24, 2.45) is 5.10 Å². The maximum absolute atomic E-state index is 11.9. The zero-order valence-electron chi connectivity index (χ0n) is 13.7. The quantitative estimate of drug-likeness (QED) is 0.341. The Morgan fingerprint density at radius 2 is 1.74 bits per heavy atom. The predicted octanol–water partition coefficient (Wildman–Crippen LogP) is 5.09. The van der Waals surface area contributed by atoms with Gasteiger partial charge in [-0.15, -0.1) is 0 Å². The van der Waals surface area contributed by atoms with Gasteiger partial charge in [0.05, 0.1) is 21.3 Å². The van der Waals surface area contributed by atoms with Gasteiger partial charge in [0, 0.05) is 5.56 Å². The van der Waals surface area contributed by atoms with Crippen molar-refractivity contribution in [3.8, 4) is 11.3 Å². The van der Waals surface area contributed by atoms with Crippen LogP contribution in [0, 0.1) is 0 Å². The van der Waals surface area contributed by atoms with Gasteiger partial charge >= 0.3 is 0 Å². The Morgan fingerprint density at radius 1 is 1.04 bits per heavy atom. The van der Waals surface area contributed by atoms with Crippen molar-refractivity contribution in [3.63, 3.8) is 0 Å². The molecule has 0 aliphatic rings. The zero-order valence-corrected chi connectivity index (χ0v) is 16.0. The molecule has 2 N–H and O–H groups in total. The summed E-state index contributed by atoms with van der Waals surface area (Å²) in [7, 11) is 0. The molecule has 0 radical (unpaired) electrons. The number of carbonyl (C=O) groups excluding carboxylic acids is 1. The number of hydrogen-bond donors (Lipinski definition) is 2. The fourth-order valence-corrected chi connectivity index (χ4v) is 2.93. The summed E-state index contributed by atoms with van der Waals surface area (Å²) in [6.07, 6.45) is -0.00426. The maximum Gasteiger partial charge on any atom is 0.273 e. The minimum Gasteiger partial charge on any atom is -0.455 e. The van der Waals surface area contributed by atoms with Gasteiger partial charge in [0.2, 0.25) is 0 Å². The Morgan fingerprint density at radius 3 is 2.48 bits per heavy atom. The molecule has 0 bridgehead atoms. The Balaban J connectivity index is 1.67. The molecule has 0 fully saturated rings.